The molecule has 1 heterocycles. The number of methoxy groups -OCH3 is 1. The summed E-state index contributed by atoms with van der Waals surface area (Å²) < 4.78 is 18.6. The summed E-state index contributed by atoms with van der Waals surface area (Å²) in [7, 11) is 3.23. The number of nitrogens with two attached hydrogens (primary N) is 1. The Morgan fingerprint density at radius 3 is 2.81 bits per heavy atom. The largest absolute Gasteiger partial charge is 0.383 e. The van der Waals surface area contributed by atoms with Crippen LogP contribution in [0.25, 0.3) is 0 Å². The zero-order valence-corrected chi connectivity index (χ0v) is 9.75. The van der Waals surface area contributed by atoms with Crippen molar-refractivity contribution in [2.45, 2.75) is 0 Å². The molecule has 8 heteroatoms. The topological polar surface area (TPSA) is 76.3 Å². The number of nitrogen functional groups attached to an aromatic ring is 1. The van der Waals surface area contributed by atoms with E-state index in [0.717, 1.165) is 0 Å². The molecule has 0 atom stereocenters. The molecule has 6 nitrogen and oxygen atoms in total. The van der Waals surface area contributed by atoms with Crippen LogP contribution in [0.5, 0.6) is 0 Å². The highest BCUT2D eigenvalue weighted by Gasteiger charge is 2.16. The minimum absolute atomic E-state index is 0.0741. The van der Waals surface area contributed by atoms with Gasteiger partial charge in [0.15, 0.2) is 11.6 Å². The van der Waals surface area contributed by atoms with Crippen molar-refractivity contribution in [3.8, 4) is 0 Å². The van der Waals surface area contributed by atoms with Gasteiger partial charge >= 0.3 is 0 Å². The van der Waals surface area contributed by atoms with Crippen molar-refractivity contribution in [3.05, 3.63) is 11.1 Å². The lowest BCUT2D eigenvalue weighted by molar-refractivity contribution is 0.206. The molecule has 0 aliphatic carbocycles. The van der Waals surface area contributed by atoms with Crippen molar-refractivity contribution >= 4 is 23.2 Å². The molecular formula is C8H13ClFN5O. The standard InChI is InChI=1S/C8H13ClFN5O/c1-15(3-4-16-2)7-5(10)6(14-11)12-8(9)13-7/h3-4,11H2,1-2H3,(H,12,13,14). The van der Waals surface area contributed by atoms with Gasteiger partial charge in [0, 0.05) is 20.7 Å². The van der Waals surface area contributed by atoms with Gasteiger partial charge in [-0.3, -0.25) is 0 Å². The number of hydrogen-bond donors (Lipinski definition) is 2. The summed E-state index contributed by atoms with van der Waals surface area (Å²) in [6.07, 6.45) is 0. The quantitative estimate of drug-likeness (QED) is 0.453. The maximum Gasteiger partial charge on any atom is 0.226 e. The van der Waals surface area contributed by atoms with E-state index in [1.54, 1.807) is 19.1 Å². The van der Waals surface area contributed by atoms with Crippen molar-refractivity contribution in [1.29, 1.82) is 0 Å². The Bertz CT molecular complexity index is 365. The first-order chi connectivity index (χ1) is 7.60. The van der Waals surface area contributed by atoms with E-state index in [1.807, 2.05) is 0 Å². The molecule has 0 aliphatic rings. The lowest BCUT2D eigenvalue weighted by Crippen LogP contribution is -2.25. The molecule has 90 valence electrons. The van der Waals surface area contributed by atoms with Crippen LogP contribution in [0.4, 0.5) is 16.0 Å². The number of ether oxygens (including phenoxy) is 1. The molecule has 0 fully saturated rings. The maximum atomic E-state index is 13.7. The number of anilines is 2. The van der Waals surface area contributed by atoms with Crippen LogP contribution in [-0.2, 0) is 4.74 Å². The van der Waals surface area contributed by atoms with E-state index in [2.05, 4.69) is 15.4 Å². The summed E-state index contributed by atoms with van der Waals surface area (Å²) in [5.41, 5.74) is 2.12. The third kappa shape index (κ3) is 2.91. The van der Waals surface area contributed by atoms with Crippen LogP contribution in [0.1, 0.15) is 0 Å². The highest BCUT2D eigenvalue weighted by Crippen LogP contribution is 2.22. The van der Waals surface area contributed by atoms with Crippen LogP contribution in [-0.4, -0.2) is 37.3 Å². The number of aromatic nitrogens is 2. The predicted molar refractivity (Wildman–Crippen MR) is 60.0 cm³/mol. The Morgan fingerprint density at radius 2 is 2.25 bits per heavy atom. The lowest BCUT2D eigenvalue weighted by Gasteiger charge is -2.18. The van der Waals surface area contributed by atoms with Crippen molar-refractivity contribution in [1.82, 2.24) is 9.97 Å². The highest BCUT2D eigenvalue weighted by molar-refractivity contribution is 6.28. The summed E-state index contributed by atoms with van der Waals surface area (Å²) in [6.45, 7) is 0.924. The molecule has 0 amide bonds. The molecule has 0 bridgehead atoms. The first-order valence-electron chi connectivity index (χ1n) is 4.50. The summed E-state index contributed by atoms with van der Waals surface area (Å²) in [6, 6.07) is 0. The van der Waals surface area contributed by atoms with E-state index < -0.39 is 5.82 Å². The van der Waals surface area contributed by atoms with E-state index in [4.69, 9.17) is 22.2 Å². The first kappa shape index (κ1) is 12.9. The van der Waals surface area contributed by atoms with Gasteiger partial charge in [0.1, 0.15) is 0 Å². The predicted octanol–water partition coefficient (Wildman–Crippen LogP) is 0.637. The Kier molecular flexibility index (Phi) is 4.66. The monoisotopic (exact) mass is 249 g/mol. The second-order valence-electron chi connectivity index (χ2n) is 3.04. The Morgan fingerprint density at radius 1 is 1.56 bits per heavy atom. The molecular weight excluding hydrogens is 237 g/mol. The molecule has 1 aromatic heterocycles. The Labute approximate surface area is 97.5 Å². The van der Waals surface area contributed by atoms with Crippen LogP contribution in [0, 0.1) is 5.82 Å². The van der Waals surface area contributed by atoms with Gasteiger partial charge in [0.25, 0.3) is 0 Å². The minimum atomic E-state index is -0.648. The van der Waals surface area contributed by atoms with Crippen molar-refractivity contribution in [3.63, 3.8) is 0 Å². The van der Waals surface area contributed by atoms with Crippen LogP contribution in [0.2, 0.25) is 5.28 Å². The average molecular weight is 250 g/mol. The van der Waals surface area contributed by atoms with E-state index in [0.29, 0.717) is 13.2 Å². The molecule has 0 unspecified atom stereocenters. The van der Waals surface area contributed by atoms with Crippen LogP contribution in [0.15, 0.2) is 0 Å². The molecule has 0 saturated heterocycles. The summed E-state index contributed by atoms with van der Waals surface area (Å²) in [5, 5.41) is -0.0754. The number of likely N-dealkylation sites (N-methyl/N-ethyl adjacent to an activating group) is 1. The van der Waals surface area contributed by atoms with Gasteiger partial charge in [-0.2, -0.15) is 14.4 Å². The molecule has 0 radical (unpaired) electrons. The van der Waals surface area contributed by atoms with Gasteiger partial charge in [-0.05, 0) is 11.6 Å². The molecule has 1 aromatic rings. The second kappa shape index (κ2) is 5.78. The van der Waals surface area contributed by atoms with Gasteiger partial charge in [-0.25, -0.2) is 5.84 Å². The minimum Gasteiger partial charge on any atom is -0.383 e. The fourth-order valence-corrected chi connectivity index (χ4v) is 1.26. The van der Waals surface area contributed by atoms with Crippen molar-refractivity contribution < 1.29 is 9.13 Å². The Hall–Kier alpha value is -1.18. The number of rotatable bonds is 5. The normalized spacial score (nSPS) is 10.3. The van der Waals surface area contributed by atoms with Crippen molar-refractivity contribution in [2.24, 2.45) is 5.84 Å². The average Bonchev–Trinajstić information content (AvgIpc) is 2.28. The van der Waals surface area contributed by atoms with Gasteiger partial charge in [-0.1, -0.05) is 0 Å². The van der Waals surface area contributed by atoms with Gasteiger partial charge in [0.2, 0.25) is 11.1 Å². The molecule has 1 rings (SSSR count). The molecule has 0 aromatic carbocycles. The fourth-order valence-electron chi connectivity index (χ4n) is 1.09. The SMILES string of the molecule is COCCN(C)c1nc(Cl)nc(NN)c1F. The first-order valence-corrected chi connectivity index (χ1v) is 4.87. The summed E-state index contributed by atoms with van der Waals surface area (Å²) >= 11 is 5.64. The molecule has 0 aliphatic heterocycles. The number of hydrogen-bond acceptors (Lipinski definition) is 6. The number of nitrogens with zero attached hydrogens (tertiary/aromatic N) is 3. The number of nitrogens with one attached hydrogen (secondary N) is 1. The van der Waals surface area contributed by atoms with E-state index in [-0.39, 0.29) is 16.9 Å². The van der Waals surface area contributed by atoms with Crippen molar-refractivity contribution in [2.75, 3.05) is 37.6 Å². The number of hydrazine groups is 1. The van der Waals surface area contributed by atoms with E-state index in [9.17, 15) is 4.39 Å². The molecule has 0 saturated carbocycles. The van der Waals surface area contributed by atoms with E-state index in [1.165, 1.54) is 0 Å². The highest BCUT2D eigenvalue weighted by atomic mass is 35.5. The third-order valence-corrected chi connectivity index (χ3v) is 2.10. The molecule has 3 N–H and O–H groups in total. The van der Waals surface area contributed by atoms with Gasteiger partial charge < -0.3 is 15.1 Å². The third-order valence-electron chi connectivity index (χ3n) is 1.94. The molecule has 0 spiro atoms. The van der Waals surface area contributed by atoms with E-state index >= 15 is 0 Å². The Balaban J connectivity index is 2.98. The summed E-state index contributed by atoms with van der Waals surface area (Å²) in [4.78, 5) is 8.95. The van der Waals surface area contributed by atoms with Crippen LogP contribution >= 0.6 is 11.6 Å². The maximum absolute atomic E-state index is 13.7. The smallest absolute Gasteiger partial charge is 0.226 e. The van der Waals surface area contributed by atoms with Crippen LogP contribution < -0.4 is 16.2 Å². The zero-order valence-electron chi connectivity index (χ0n) is 9.00. The van der Waals surface area contributed by atoms with Gasteiger partial charge in [0.05, 0.1) is 6.61 Å². The fraction of sp³-hybridized carbons (Fsp3) is 0.500. The molecule has 16 heavy (non-hydrogen) atoms. The lowest BCUT2D eigenvalue weighted by atomic mass is 10.4. The van der Waals surface area contributed by atoms with Crippen LogP contribution in [0.3, 0.4) is 0 Å². The zero-order chi connectivity index (χ0) is 12.1. The van der Waals surface area contributed by atoms with Gasteiger partial charge in [-0.15, -0.1) is 0 Å². The second-order valence-corrected chi connectivity index (χ2v) is 3.38. The summed E-state index contributed by atoms with van der Waals surface area (Å²) in [5.74, 6) is 4.39. The number of halogens is 2.